The van der Waals surface area contributed by atoms with Gasteiger partial charge in [-0.2, -0.15) is 0 Å². The van der Waals surface area contributed by atoms with Gasteiger partial charge in [0.05, 0.1) is 0 Å². The van der Waals surface area contributed by atoms with Crippen molar-refractivity contribution in [2.45, 2.75) is 58.4 Å². The SMILES string of the molecule is CCCCCC(C)NCCCC(=O)O. The van der Waals surface area contributed by atoms with E-state index in [9.17, 15) is 4.79 Å². The summed E-state index contributed by atoms with van der Waals surface area (Å²) < 4.78 is 0. The van der Waals surface area contributed by atoms with Gasteiger partial charge in [0, 0.05) is 12.5 Å². The number of rotatable bonds is 9. The van der Waals surface area contributed by atoms with E-state index in [0.717, 1.165) is 13.0 Å². The summed E-state index contributed by atoms with van der Waals surface area (Å²) in [5.41, 5.74) is 0. The molecule has 1 unspecified atom stereocenters. The first-order valence-corrected chi connectivity index (χ1v) is 5.62. The fourth-order valence-electron chi connectivity index (χ4n) is 1.39. The summed E-state index contributed by atoms with van der Waals surface area (Å²) in [5.74, 6) is -0.703. The Balaban J connectivity index is 3.18. The molecule has 0 fully saturated rings. The Kier molecular flexibility index (Phi) is 8.64. The van der Waals surface area contributed by atoms with E-state index in [0.29, 0.717) is 6.04 Å². The average Bonchev–Trinajstić information content (AvgIpc) is 2.13. The molecule has 3 nitrogen and oxygen atoms in total. The molecule has 0 aromatic heterocycles. The Labute approximate surface area is 86.9 Å². The smallest absolute Gasteiger partial charge is 0.303 e. The van der Waals surface area contributed by atoms with E-state index >= 15 is 0 Å². The lowest BCUT2D eigenvalue weighted by Crippen LogP contribution is -2.27. The summed E-state index contributed by atoms with van der Waals surface area (Å²) in [7, 11) is 0. The Morgan fingerprint density at radius 2 is 2.07 bits per heavy atom. The second kappa shape index (κ2) is 9.00. The van der Waals surface area contributed by atoms with Crippen molar-refractivity contribution < 1.29 is 9.90 Å². The Hall–Kier alpha value is -0.570. The van der Waals surface area contributed by atoms with Crippen LogP contribution in [0.25, 0.3) is 0 Å². The quantitative estimate of drug-likeness (QED) is 0.563. The van der Waals surface area contributed by atoms with E-state index in [1.165, 1.54) is 25.7 Å². The predicted molar refractivity (Wildman–Crippen MR) is 58.5 cm³/mol. The standard InChI is InChI=1S/C11H23NO2/c1-3-4-5-7-10(2)12-9-6-8-11(13)14/h10,12H,3-9H2,1-2H3,(H,13,14). The highest BCUT2D eigenvalue weighted by molar-refractivity contribution is 5.66. The molecule has 14 heavy (non-hydrogen) atoms. The number of aliphatic carboxylic acids is 1. The van der Waals surface area contributed by atoms with E-state index in [-0.39, 0.29) is 6.42 Å². The molecule has 0 saturated heterocycles. The summed E-state index contributed by atoms with van der Waals surface area (Å²) in [6.45, 7) is 5.18. The van der Waals surface area contributed by atoms with Crippen molar-refractivity contribution >= 4 is 5.97 Å². The van der Waals surface area contributed by atoms with Crippen molar-refractivity contribution in [3.05, 3.63) is 0 Å². The van der Waals surface area contributed by atoms with Crippen LogP contribution in [-0.2, 0) is 4.79 Å². The number of carboxylic acids is 1. The molecule has 0 spiro atoms. The monoisotopic (exact) mass is 201 g/mol. The molecule has 0 bridgehead atoms. The predicted octanol–water partition coefficient (Wildman–Crippen LogP) is 2.41. The minimum Gasteiger partial charge on any atom is -0.481 e. The zero-order valence-corrected chi connectivity index (χ0v) is 9.38. The van der Waals surface area contributed by atoms with Crippen LogP contribution in [0.5, 0.6) is 0 Å². The molecule has 84 valence electrons. The van der Waals surface area contributed by atoms with Crippen LogP contribution < -0.4 is 5.32 Å². The van der Waals surface area contributed by atoms with E-state index in [4.69, 9.17) is 5.11 Å². The maximum absolute atomic E-state index is 10.2. The Morgan fingerprint density at radius 3 is 2.64 bits per heavy atom. The van der Waals surface area contributed by atoms with Crippen molar-refractivity contribution in [1.29, 1.82) is 0 Å². The molecule has 0 amide bonds. The van der Waals surface area contributed by atoms with E-state index < -0.39 is 5.97 Å². The van der Waals surface area contributed by atoms with Crippen molar-refractivity contribution in [3.63, 3.8) is 0 Å². The van der Waals surface area contributed by atoms with Crippen molar-refractivity contribution in [2.24, 2.45) is 0 Å². The van der Waals surface area contributed by atoms with Crippen LogP contribution >= 0.6 is 0 Å². The first-order valence-electron chi connectivity index (χ1n) is 5.62. The number of unbranched alkanes of at least 4 members (excludes halogenated alkanes) is 2. The van der Waals surface area contributed by atoms with Crippen LogP contribution in [0.15, 0.2) is 0 Å². The van der Waals surface area contributed by atoms with Crippen LogP contribution in [0.3, 0.4) is 0 Å². The molecule has 0 aromatic carbocycles. The molecule has 0 rings (SSSR count). The molecule has 0 aliphatic carbocycles. The molecular formula is C11H23NO2. The summed E-state index contributed by atoms with van der Waals surface area (Å²) in [6.07, 6.45) is 6.01. The topological polar surface area (TPSA) is 49.3 Å². The van der Waals surface area contributed by atoms with Crippen LogP contribution in [0, 0.1) is 0 Å². The number of hydrogen-bond donors (Lipinski definition) is 2. The highest BCUT2D eigenvalue weighted by Crippen LogP contribution is 2.02. The molecule has 1 atom stereocenters. The van der Waals surface area contributed by atoms with Gasteiger partial charge in [0.1, 0.15) is 0 Å². The van der Waals surface area contributed by atoms with Gasteiger partial charge in [-0.1, -0.05) is 26.2 Å². The third kappa shape index (κ3) is 9.52. The number of carboxylic acid groups (broad SMARTS) is 1. The zero-order chi connectivity index (χ0) is 10.8. The number of nitrogens with one attached hydrogen (secondary N) is 1. The second-order valence-electron chi connectivity index (χ2n) is 3.85. The fraction of sp³-hybridized carbons (Fsp3) is 0.909. The van der Waals surface area contributed by atoms with Crippen LogP contribution in [0.1, 0.15) is 52.4 Å². The molecule has 0 aliphatic rings. The molecule has 0 radical (unpaired) electrons. The van der Waals surface area contributed by atoms with Crippen molar-refractivity contribution in [1.82, 2.24) is 5.32 Å². The first-order chi connectivity index (χ1) is 6.66. The van der Waals surface area contributed by atoms with Gasteiger partial charge < -0.3 is 10.4 Å². The van der Waals surface area contributed by atoms with Gasteiger partial charge >= 0.3 is 5.97 Å². The van der Waals surface area contributed by atoms with Gasteiger partial charge in [0.2, 0.25) is 0 Å². The highest BCUT2D eigenvalue weighted by Gasteiger charge is 2.01. The lowest BCUT2D eigenvalue weighted by Gasteiger charge is -2.12. The molecule has 0 aromatic rings. The van der Waals surface area contributed by atoms with Crippen molar-refractivity contribution in [3.8, 4) is 0 Å². The minimum atomic E-state index is -0.703. The molecule has 0 heterocycles. The summed E-state index contributed by atoms with van der Waals surface area (Å²) in [6, 6.07) is 0.523. The highest BCUT2D eigenvalue weighted by atomic mass is 16.4. The summed E-state index contributed by atoms with van der Waals surface area (Å²) in [4.78, 5) is 10.2. The summed E-state index contributed by atoms with van der Waals surface area (Å²) >= 11 is 0. The number of hydrogen-bond acceptors (Lipinski definition) is 2. The van der Waals surface area contributed by atoms with Gasteiger partial charge in [0.15, 0.2) is 0 Å². The number of carbonyl (C=O) groups is 1. The van der Waals surface area contributed by atoms with Crippen LogP contribution in [0.4, 0.5) is 0 Å². The Morgan fingerprint density at radius 1 is 1.36 bits per heavy atom. The van der Waals surface area contributed by atoms with Gasteiger partial charge in [-0.25, -0.2) is 0 Å². The van der Waals surface area contributed by atoms with Crippen LogP contribution in [0.2, 0.25) is 0 Å². The third-order valence-electron chi connectivity index (χ3n) is 2.30. The lowest BCUT2D eigenvalue weighted by atomic mass is 10.1. The molecule has 0 saturated carbocycles. The van der Waals surface area contributed by atoms with E-state index in [2.05, 4.69) is 19.2 Å². The first kappa shape index (κ1) is 13.4. The van der Waals surface area contributed by atoms with Crippen molar-refractivity contribution in [2.75, 3.05) is 6.54 Å². The third-order valence-corrected chi connectivity index (χ3v) is 2.30. The lowest BCUT2D eigenvalue weighted by molar-refractivity contribution is -0.137. The van der Waals surface area contributed by atoms with Gasteiger partial charge in [0.25, 0.3) is 0 Å². The largest absolute Gasteiger partial charge is 0.481 e. The van der Waals surface area contributed by atoms with E-state index in [1.807, 2.05) is 0 Å². The van der Waals surface area contributed by atoms with E-state index in [1.54, 1.807) is 0 Å². The maximum Gasteiger partial charge on any atom is 0.303 e. The molecule has 3 heteroatoms. The maximum atomic E-state index is 10.2. The summed E-state index contributed by atoms with van der Waals surface area (Å²) in [5, 5.41) is 11.8. The Bertz CT molecular complexity index is 148. The van der Waals surface area contributed by atoms with Gasteiger partial charge in [-0.15, -0.1) is 0 Å². The molecule has 2 N–H and O–H groups in total. The van der Waals surface area contributed by atoms with Crippen LogP contribution in [-0.4, -0.2) is 23.7 Å². The zero-order valence-electron chi connectivity index (χ0n) is 9.38. The normalized spacial score (nSPS) is 12.7. The molecule has 0 aliphatic heterocycles. The molecular weight excluding hydrogens is 178 g/mol. The average molecular weight is 201 g/mol. The second-order valence-corrected chi connectivity index (χ2v) is 3.85. The van der Waals surface area contributed by atoms with Gasteiger partial charge in [-0.05, 0) is 26.3 Å². The van der Waals surface area contributed by atoms with Gasteiger partial charge in [-0.3, -0.25) is 4.79 Å². The minimum absolute atomic E-state index is 0.272. The fourth-order valence-corrected chi connectivity index (χ4v) is 1.39.